The molecule has 0 aliphatic rings. The molecule has 0 saturated heterocycles. The number of hydrogen-bond donors (Lipinski definition) is 2. The summed E-state index contributed by atoms with van der Waals surface area (Å²) in [5.74, 6) is -1.10. The lowest BCUT2D eigenvalue weighted by molar-refractivity contribution is -0.117. The van der Waals surface area contributed by atoms with Gasteiger partial charge in [0.15, 0.2) is 0 Å². The van der Waals surface area contributed by atoms with Gasteiger partial charge in [0, 0.05) is 5.69 Å². The molecule has 4 rings (SSSR count). The molecule has 0 spiro atoms. The first-order valence-electron chi connectivity index (χ1n) is 9.67. The number of nitrogens with zero attached hydrogens (tertiary/aromatic N) is 2. The molecule has 0 aliphatic carbocycles. The van der Waals surface area contributed by atoms with E-state index < -0.39 is 27.9 Å². The lowest BCUT2D eigenvalue weighted by atomic mass is 10.1. The highest BCUT2D eigenvalue weighted by molar-refractivity contribution is 7.89. The van der Waals surface area contributed by atoms with Crippen LogP contribution in [0.3, 0.4) is 0 Å². The fourth-order valence-electron chi connectivity index (χ4n) is 3.16. The van der Waals surface area contributed by atoms with Gasteiger partial charge in [0.05, 0.1) is 24.4 Å². The summed E-state index contributed by atoms with van der Waals surface area (Å²) in [6, 6.07) is 18.0. The van der Waals surface area contributed by atoms with Gasteiger partial charge in [0.2, 0.25) is 15.9 Å². The fraction of sp³-hybridized carbons (Fsp3) is 0.0909. The topological polar surface area (TPSA) is 127 Å². The quantitative estimate of drug-likeness (QED) is 0.387. The Morgan fingerprint density at radius 2 is 1.67 bits per heavy atom. The number of amides is 1. The third-order valence-corrected chi connectivity index (χ3v) is 6.78. The van der Waals surface area contributed by atoms with Crippen LogP contribution >= 0.6 is 11.7 Å². The second-order valence-electron chi connectivity index (χ2n) is 6.91. The zero-order chi connectivity index (χ0) is 23.4. The van der Waals surface area contributed by atoms with Gasteiger partial charge in [-0.3, -0.25) is 4.79 Å². The molecule has 0 saturated carbocycles. The number of fused-ring (bicyclic) bond motifs is 1. The van der Waals surface area contributed by atoms with Crippen molar-refractivity contribution in [2.75, 3.05) is 12.4 Å². The molecule has 1 heterocycles. The molecule has 3 aromatic carbocycles. The second kappa shape index (κ2) is 9.45. The van der Waals surface area contributed by atoms with Crippen LogP contribution in [0.1, 0.15) is 22.0 Å². The molecule has 33 heavy (non-hydrogen) atoms. The van der Waals surface area contributed by atoms with Crippen molar-refractivity contribution in [3.05, 3.63) is 83.9 Å². The number of carbonyl (C=O) groups excluding carboxylic acids is 2. The predicted octanol–water partition coefficient (Wildman–Crippen LogP) is 3.14. The zero-order valence-electron chi connectivity index (χ0n) is 17.3. The van der Waals surface area contributed by atoms with E-state index in [9.17, 15) is 18.0 Å². The molecule has 168 valence electrons. The monoisotopic (exact) mass is 482 g/mol. The van der Waals surface area contributed by atoms with E-state index >= 15 is 0 Å². The molecular weight excluding hydrogens is 464 g/mol. The van der Waals surface area contributed by atoms with Crippen molar-refractivity contribution in [3.63, 3.8) is 0 Å². The van der Waals surface area contributed by atoms with E-state index in [1.807, 2.05) is 0 Å². The molecule has 0 fully saturated rings. The zero-order valence-corrected chi connectivity index (χ0v) is 18.9. The Hall–Kier alpha value is -3.67. The molecule has 1 atom stereocenters. The van der Waals surface area contributed by atoms with E-state index in [0.29, 0.717) is 22.3 Å². The van der Waals surface area contributed by atoms with Gasteiger partial charge in [-0.1, -0.05) is 36.4 Å². The molecule has 0 aliphatic heterocycles. The van der Waals surface area contributed by atoms with E-state index in [1.54, 1.807) is 42.5 Å². The third kappa shape index (κ3) is 4.90. The van der Waals surface area contributed by atoms with Crippen molar-refractivity contribution in [2.45, 2.75) is 10.9 Å². The minimum atomic E-state index is -4.13. The number of hydrogen-bond acceptors (Lipinski definition) is 8. The summed E-state index contributed by atoms with van der Waals surface area (Å²) in [5.41, 5.74) is 1.85. The normalized spacial score (nSPS) is 12.3. The molecule has 0 bridgehead atoms. The number of nitrogens with one attached hydrogen (secondary N) is 2. The average molecular weight is 483 g/mol. The Kier molecular flexibility index (Phi) is 6.45. The van der Waals surface area contributed by atoms with Gasteiger partial charge in [-0.05, 0) is 42.0 Å². The Bertz CT molecular complexity index is 1400. The molecular formula is C22H18N4O5S2. The summed E-state index contributed by atoms with van der Waals surface area (Å²) >= 11 is 0.907. The number of benzene rings is 3. The predicted molar refractivity (Wildman–Crippen MR) is 123 cm³/mol. The average Bonchev–Trinajstić information content (AvgIpc) is 3.32. The van der Waals surface area contributed by atoms with Crippen molar-refractivity contribution < 1.29 is 22.7 Å². The largest absolute Gasteiger partial charge is 0.465 e. The number of aromatic nitrogens is 2. The number of sulfonamides is 1. The van der Waals surface area contributed by atoms with E-state index in [1.165, 1.54) is 37.4 Å². The van der Waals surface area contributed by atoms with Crippen LogP contribution in [0.5, 0.6) is 0 Å². The van der Waals surface area contributed by atoms with Crippen LogP contribution in [0, 0.1) is 0 Å². The Labute approximate surface area is 193 Å². The number of ether oxygens (including phenoxy) is 1. The molecule has 1 amide bonds. The van der Waals surface area contributed by atoms with Crippen LogP contribution in [-0.2, 0) is 19.6 Å². The van der Waals surface area contributed by atoms with Crippen LogP contribution in [0.15, 0.2) is 77.7 Å². The van der Waals surface area contributed by atoms with Crippen LogP contribution in [-0.4, -0.2) is 36.2 Å². The molecule has 11 heteroatoms. The van der Waals surface area contributed by atoms with Gasteiger partial charge >= 0.3 is 5.97 Å². The van der Waals surface area contributed by atoms with Crippen LogP contribution in [0.25, 0.3) is 11.0 Å². The fourth-order valence-corrected chi connectivity index (χ4v) is 5.11. The first kappa shape index (κ1) is 22.5. The third-order valence-electron chi connectivity index (χ3n) is 4.78. The number of anilines is 1. The lowest BCUT2D eigenvalue weighted by Crippen LogP contribution is -2.37. The maximum atomic E-state index is 13.2. The Morgan fingerprint density at radius 3 is 2.36 bits per heavy atom. The van der Waals surface area contributed by atoms with Gasteiger partial charge < -0.3 is 10.1 Å². The number of carbonyl (C=O) groups is 2. The summed E-state index contributed by atoms with van der Waals surface area (Å²) < 4.78 is 41.8. The number of rotatable bonds is 7. The number of esters is 1. The summed E-state index contributed by atoms with van der Waals surface area (Å²) in [7, 11) is -2.86. The van der Waals surface area contributed by atoms with Crippen LogP contribution in [0.4, 0.5) is 5.69 Å². The van der Waals surface area contributed by atoms with Crippen molar-refractivity contribution >= 4 is 50.3 Å². The van der Waals surface area contributed by atoms with E-state index in [4.69, 9.17) is 0 Å². The Balaban J connectivity index is 1.64. The standard InChI is InChI=1S/C22H18N4O5S2/c1-31-22(28)15-10-12-16(13-11-15)23-21(27)19(14-6-3-2-4-7-14)26-33(29,30)18-9-5-8-17-20(18)25-32-24-17/h2-13,19,26H,1H3,(H,23,27)/t19-/m0/s1. The SMILES string of the molecule is COC(=O)c1ccc(NC(=O)[C@@H](NS(=O)(=O)c2cccc3nsnc23)c2ccccc2)cc1. The van der Waals surface area contributed by atoms with Crippen molar-refractivity contribution in [1.82, 2.24) is 13.5 Å². The van der Waals surface area contributed by atoms with Crippen molar-refractivity contribution in [1.29, 1.82) is 0 Å². The molecule has 9 nitrogen and oxygen atoms in total. The molecule has 4 aromatic rings. The summed E-state index contributed by atoms with van der Waals surface area (Å²) in [4.78, 5) is 24.7. The van der Waals surface area contributed by atoms with E-state index in [2.05, 4.69) is 23.5 Å². The van der Waals surface area contributed by atoms with Gasteiger partial charge in [-0.2, -0.15) is 13.5 Å². The first-order valence-corrected chi connectivity index (χ1v) is 11.9. The highest BCUT2D eigenvalue weighted by Crippen LogP contribution is 2.24. The van der Waals surface area contributed by atoms with E-state index in [0.717, 1.165) is 11.7 Å². The highest BCUT2D eigenvalue weighted by atomic mass is 32.2. The smallest absolute Gasteiger partial charge is 0.337 e. The van der Waals surface area contributed by atoms with Crippen LogP contribution in [0.2, 0.25) is 0 Å². The molecule has 0 unspecified atom stereocenters. The van der Waals surface area contributed by atoms with Gasteiger partial charge in [-0.15, -0.1) is 0 Å². The highest BCUT2D eigenvalue weighted by Gasteiger charge is 2.29. The maximum Gasteiger partial charge on any atom is 0.337 e. The molecule has 0 radical (unpaired) electrons. The van der Waals surface area contributed by atoms with Gasteiger partial charge in [0.1, 0.15) is 22.0 Å². The van der Waals surface area contributed by atoms with Crippen molar-refractivity contribution in [3.8, 4) is 0 Å². The van der Waals surface area contributed by atoms with Gasteiger partial charge in [-0.25, -0.2) is 13.2 Å². The first-order chi connectivity index (χ1) is 15.9. The minimum absolute atomic E-state index is 0.0649. The second-order valence-corrected chi connectivity index (χ2v) is 9.12. The van der Waals surface area contributed by atoms with E-state index in [-0.39, 0.29) is 10.4 Å². The lowest BCUT2D eigenvalue weighted by Gasteiger charge is -2.19. The Morgan fingerprint density at radius 1 is 0.939 bits per heavy atom. The van der Waals surface area contributed by atoms with Crippen molar-refractivity contribution in [2.24, 2.45) is 0 Å². The van der Waals surface area contributed by atoms with Gasteiger partial charge in [0.25, 0.3) is 0 Å². The van der Waals surface area contributed by atoms with Crippen LogP contribution < -0.4 is 10.0 Å². The summed E-state index contributed by atoms with van der Waals surface area (Å²) in [5, 5.41) is 2.69. The molecule has 1 aromatic heterocycles. The summed E-state index contributed by atoms with van der Waals surface area (Å²) in [6.45, 7) is 0. The minimum Gasteiger partial charge on any atom is -0.465 e. The number of methoxy groups -OCH3 is 1. The summed E-state index contributed by atoms with van der Waals surface area (Å²) in [6.07, 6.45) is 0. The molecule has 2 N–H and O–H groups in total. The maximum absolute atomic E-state index is 13.2.